The van der Waals surface area contributed by atoms with Crippen molar-refractivity contribution in [3.8, 4) is 0 Å². The van der Waals surface area contributed by atoms with E-state index >= 15 is 0 Å². The zero-order valence-corrected chi connectivity index (χ0v) is 15.9. The fourth-order valence-corrected chi connectivity index (χ4v) is 3.57. The van der Waals surface area contributed by atoms with Gasteiger partial charge in [-0.25, -0.2) is 0 Å². The molecule has 0 unspecified atom stereocenters. The first-order chi connectivity index (χ1) is 8.78. The highest BCUT2D eigenvalue weighted by Crippen LogP contribution is 2.42. The van der Waals surface area contributed by atoms with Crippen LogP contribution >= 0.6 is 11.8 Å². The van der Waals surface area contributed by atoms with Crippen LogP contribution < -0.4 is 0 Å². The smallest absolute Gasteiger partial charge is 0.0144 e. The molecule has 0 heterocycles. The summed E-state index contributed by atoms with van der Waals surface area (Å²) < 4.78 is 0. The van der Waals surface area contributed by atoms with Gasteiger partial charge in [-0.1, -0.05) is 74.4 Å². The van der Waals surface area contributed by atoms with Gasteiger partial charge in [-0.3, -0.25) is 0 Å². The van der Waals surface area contributed by atoms with E-state index in [9.17, 15) is 0 Å². The van der Waals surface area contributed by atoms with E-state index in [2.05, 4.69) is 80.7 Å². The van der Waals surface area contributed by atoms with Crippen LogP contribution in [0.3, 0.4) is 0 Å². The normalized spacial score (nSPS) is 13.7. The topological polar surface area (TPSA) is 0 Å². The number of hydrogen-bond donors (Lipinski definition) is 0. The SMILES string of the molecule is CSc1c(C(C)(C)C)cc(C(C)(C)C)cc1C(C)(C)C. The van der Waals surface area contributed by atoms with Gasteiger partial charge in [0.1, 0.15) is 0 Å². The second-order valence-electron chi connectivity index (χ2n) is 8.85. The van der Waals surface area contributed by atoms with Gasteiger partial charge in [0.15, 0.2) is 0 Å². The summed E-state index contributed by atoms with van der Waals surface area (Å²) in [6.45, 7) is 20.8. The van der Waals surface area contributed by atoms with Gasteiger partial charge in [0.2, 0.25) is 0 Å². The van der Waals surface area contributed by atoms with Crippen LogP contribution in [0.4, 0.5) is 0 Å². The molecule has 0 saturated heterocycles. The summed E-state index contributed by atoms with van der Waals surface area (Å²) in [6.07, 6.45) is 2.20. The molecule has 0 spiro atoms. The van der Waals surface area contributed by atoms with Crippen molar-refractivity contribution in [2.45, 2.75) is 83.5 Å². The van der Waals surface area contributed by atoms with Crippen molar-refractivity contribution < 1.29 is 0 Å². The van der Waals surface area contributed by atoms with E-state index in [1.165, 1.54) is 21.6 Å². The van der Waals surface area contributed by atoms with E-state index in [0.717, 1.165) is 0 Å². The average Bonchev–Trinajstić information content (AvgIpc) is 2.23. The molecule has 0 nitrogen and oxygen atoms in total. The van der Waals surface area contributed by atoms with Crippen molar-refractivity contribution in [1.82, 2.24) is 0 Å². The van der Waals surface area contributed by atoms with Crippen molar-refractivity contribution in [2.75, 3.05) is 6.26 Å². The Labute approximate surface area is 130 Å². The zero-order chi connectivity index (χ0) is 15.9. The van der Waals surface area contributed by atoms with Gasteiger partial charge in [0.25, 0.3) is 0 Å². The number of benzene rings is 1. The Bertz CT molecular complexity index is 441. The Morgan fingerprint density at radius 3 is 1.20 bits per heavy atom. The largest absolute Gasteiger partial charge is 0.129 e. The van der Waals surface area contributed by atoms with E-state index < -0.39 is 0 Å². The van der Waals surface area contributed by atoms with Gasteiger partial charge >= 0.3 is 0 Å². The van der Waals surface area contributed by atoms with E-state index in [1.807, 2.05) is 11.8 Å². The fraction of sp³-hybridized carbons (Fsp3) is 0.684. The van der Waals surface area contributed by atoms with Crippen LogP contribution in [-0.2, 0) is 16.2 Å². The molecule has 0 aromatic heterocycles. The molecule has 20 heavy (non-hydrogen) atoms. The minimum Gasteiger partial charge on any atom is -0.129 e. The second kappa shape index (κ2) is 5.40. The third-order valence-corrected chi connectivity index (χ3v) is 4.62. The molecule has 0 bridgehead atoms. The summed E-state index contributed by atoms with van der Waals surface area (Å²) in [6, 6.07) is 4.86. The van der Waals surface area contributed by atoms with Crippen LogP contribution in [0.1, 0.15) is 79.0 Å². The first-order valence-corrected chi connectivity index (χ1v) is 8.74. The van der Waals surface area contributed by atoms with Gasteiger partial charge in [-0.05, 0) is 39.2 Å². The summed E-state index contributed by atoms with van der Waals surface area (Å²) in [4.78, 5) is 1.47. The molecule has 0 aliphatic heterocycles. The summed E-state index contributed by atoms with van der Waals surface area (Å²) in [5.41, 5.74) is 4.98. The molecule has 0 N–H and O–H groups in total. The summed E-state index contributed by atoms with van der Waals surface area (Å²) in [5, 5.41) is 0. The quantitative estimate of drug-likeness (QED) is 0.547. The average molecular weight is 293 g/mol. The van der Waals surface area contributed by atoms with E-state index in [-0.39, 0.29) is 16.2 Å². The first kappa shape index (κ1) is 17.6. The lowest BCUT2D eigenvalue weighted by Crippen LogP contribution is -2.22. The van der Waals surface area contributed by atoms with Crippen molar-refractivity contribution in [1.29, 1.82) is 0 Å². The van der Waals surface area contributed by atoms with Gasteiger partial charge in [0, 0.05) is 4.90 Å². The highest BCUT2D eigenvalue weighted by Gasteiger charge is 2.28. The number of thioether (sulfide) groups is 1. The van der Waals surface area contributed by atoms with Gasteiger partial charge in [-0.15, -0.1) is 11.8 Å². The number of rotatable bonds is 1. The van der Waals surface area contributed by atoms with Crippen LogP contribution in [0.15, 0.2) is 17.0 Å². The Morgan fingerprint density at radius 1 is 0.650 bits per heavy atom. The molecule has 1 rings (SSSR count). The summed E-state index contributed by atoms with van der Waals surface area (Å²) in [7, 11) is 0. The van der Waals surface area contributed by atoms with Crippen molar-refractivity contribution in [3.05, 3.63) is 28.8 Å². The predicted molar refractivity (Wildman–Crippen MR) is 94.3 cm³/mol. The third-order valence-electron chi connectivity index (χ3n) is 3.78. The number of hydrogen-bond acceptors (Lipinski definition) is 1. The molecule has 0 fully saturated rings. The van der Waals surface area contributed by atoms with Crippen LogP contribution in [0.25, 0.3) is 0 Å². The van der Waals surface area contributed by atoms with Gasteiger partial charge < -0.3 is 0 Å². The molecule has 0 aliphatic carbocycles. The minimum atomic E-state index is 0.180. The maximum absolute atomic E-state index is 2.43. The summed E-state index contributed by atoms with van der Waals surface area (Å²) >= 11 is 1.90. The van der Waals surface area contributed by atoms with E-state index in [4.69, 9.17) is 0 Å². The predicted octanol–water partition coefficient (Wildman–Crippen LogP) is 6.30. The monoisotopic (exact) mass is 292 g/mol. The molecule has 0 saturated carbocycles. The highest BCUT2D eigenvalue weighted by atomic mass is 32.2. The molecular formula is C19H32S. The maximum Gasteiger partial charge on any atom is 0.0144 e. The molecule has 0 amide bonds. The zero-order valence-electron chi connectivity index (χ0n) is 15.1. The van der Waals surface area contributed by atoms with Crippen LogP contribution in [0.5, 0.6) is 0 Å². The Balaban J connectivity index is 3.75. The summed E-state index contributed by atoms with van der Waals surface area (Å²) in [5.74, 6) is 0. The molecule has 0 radical (unpaired) electrons. The maximum atomic E-state index is 2.43. The minimum absolute atomic E-state index is 0.180. The Hall–Kier alpha value is -0.430. The van der Waals surface area contributed by atoms with Crippen LogP contribution in [0, 0.1) is 0 Å². The van der Waals surface area contributed by atoms with E-state index in [0.29, 0.717) is 0 Å². The molecule has 0 atom stereocenters. The fourth-order valence-electron chi connectivity index (χ4n) is 2.40. The molecule has 1 aromatic carbocycles. The van der Waals surface area contributed by atoms with Crippen molar-refractivity contribution >= 4 is 11.8 Å². The first-order valence-electron chi connectivity index (χ1n) is 7.52. The second-order valence-corrected chi connectivity index (χ2v) is 9.67. The lowest BCUT2D eigenvalue weighted by atomic mass is 9.75. The standard InChI is InChI=1S/C19H32S/c1-17(2,3)13-11-14(18(4,5)6)16(20-10)15(12-13)19(7,8)9/h11-12H,1-10H3. The van der Waals surface area contributed by atoms with Gasteiger partial charge in [0.05, 0.1) is 0 Å². The highest BCUT2D eigenvalue weighted by molar-refractivity contribution is 7.98. The van der Waals surface area contributed by atoms with E-state index in [1.54, 1.807) is 0 Å². The Kier molecular flexibility index (Phi) is 4.76. The van der Waals surface area contributed by atoms with Crippen LogP contribution in [-0.4, -0.2) is 6.26 Å². The van der Waals surface area contributed by atoms with Crippen molar-refractivity contribution in [2.24, 2.45) is 0 Å². The van der Waals surface area contributed by atoms with Crippen molar-refractivity contribution in [3.63, 3.8) is 0 Å². The Morgan fingerprint density at radius 2 is 1.00 bits per heavy atom. The molecule has 114 valence electrons. The molecule has 1 aromatic rings. The molecular weight excluding hydrogens is 260 g/mol. The van der Waals surface area contributed by atoms with Crippen LogP contribution in [0.2, 0.25) is 0 Å². The molecule has 0 aliphatic rings. The lowest BCUT2D eigenvalue weighted by Gasteiger charge is -2.33. The molecule has 1 heteroatoms. The lowest BCUT2D eigenvalue weighted by molar-refractivity contribution is 0.530. The third kappa shape index (κ3) is 3.81. The van der Waals surface area contributed by atoms with Gasteiger partial charge in [-0.2, -0.15) is 0 Å².